The standard InChI is InChI=1S/C21H20N2O7/c1-30-11-3-10-22-18(13-6-8-16(24)9-7-13)17(20(26)21(22)27)19(25)14-4-2-5-15(12-14)23(28)29/h2,4-9,12,18,24-25H,3,10-11H2,1H3/b19-17-. The Balaban J connectivity index is 2.13. The average molecular weight is 412 g/mol. The number of aromatic hydroxyl groups is 1. The normalized spacial score (nSPS) is 18.0. The van der Waals surface area contributed by atoms with Gasteiger partial charge in [-0.15, -0.1) is 0 Å². The molecule has 0 spiro atoms. The number of nitro benzene ring substituents is 1. The number of non-ortho nitro benzene ring substituents is 1. The molecule has 1 atom stereocenters. The smallest absolute Gasteiger partial charge is 0.295 e. The second-order valence-electron chi connectivity index (χ2n) is 6.74. The van der Waals surface area contributed by atoms with Gasteiger partial charge < -0.3 is 19.8 Å². The predicted molar refractivity (Wildman–Crippen MR) is 107 cm³/mol. The highest BCUT2D eigenvalue weighted by Gasteiger charge is 2.45. The zero-order valence-corrected chi connectivity index (χ0v) is 16.1. The fourth-order valence-corrected chi connectivity index (χ4v) is 3.42. The molecule has 0 saturated carbocycles. The van der Waals surface area contributed by atoms with Crippen LogP contribution in [0.1, 0.15) is 23.6 Å². The molecular formula is C21H20N2O7. The number of aliphatic hydroxyl groups is 1. The van der Waals surface area contributed by atoms with Crippen molar-refractivity contribution in [2.45, 2.75) is 12.5 Å². The summed E-state index contributed by atoms with van der Waals surface area (Å²) in [5.74, 6) is -2.15. The van der Waals surface area contributed by atoms with Gasteiger partial charge in [-0.05, 0) is 24.1 Å². The zero-order valence-electron chi connectivity index (χ0n) is 16.1. The maximum Gasteiger partial charge on any atom is 0.295 e. The molecule has 1 heterocycles. The maximum atomic E-state index is 12.8. The number of amides is 1. The largest absolute Gasteiger partial charge is 0.508 e. The van der Waals surface area contributed by atoms with Crippen LogP contribution in [0.3, 0.4) is 0 Å². The van der Waals surface area contributed by atoms with Crippen molar-refractivity contribution in [3.63, 3.8) is 0 Å². The van der Waals surface area contributed by atoms with Crippen LogP contribution in [0, 0.1) is 10.1 Å². The lowest BCUT2D eigenvalue weighted by atomic mass is 9.95. The number of hydrogen-bond acceptors (Lipinski definition) is 7. The number of carbonyl (C=O) groups is 2. The second-order valence-corrected chi connectivity index (χ2v) is 6.74. The lowest BCUT2D eigenvalue weighted by Crippen LogP contribution is -2.31. The first kappa shape index (κ1) is 21.0. The van der Waals surface area contributed by atoms with E-state index in [0.29, 0.717) is 18.6 Å². The molecule has 30 heavy (non-hydrogen) atoms. The Morgan fingerprint density at radius 1 is 1.20 bits per heavy atom. The van der Waals surface area contributed by atoms with Gasteiger partial charge in [-0.3, -0.25) is 19.7 Å². The molecule has 1 amide bonds. The van der Waals surface area contributed by atoms with Gasteiger partial charge in [0.2, 0.25) is 0 Å². The van der Waals surface area contributed by atoms with Crippen molar-refractivity contribution in [3.05, 3.63) is 75.3 Å². The lowest BCUT2D eigenvalue weighted by Gasteiger charge is -2.25. The topological polar surface area (TPSA) is 130 Å². The van der Waals surface area contributed by atoms with Gasteiger partial charge in [-0.1, -0.05) is 24.3 Å². The summed E-state index contributed by atoms with van der Waals surface area (Å²) >= 11 is 0. The fraction of sp³-hybridized carbons (Fsp3) is 0.238. The molecule has 0 bridgehead atoms. The number of ketones is 1. The molecule has 2 aromatic carbocycles. The minimum absolute atomic E-state index is 0.00812. The summed E-state index contributed by atoms with van der Waals surface area (Å²) in [4.78, 5) is 37.3. The van der Waals surface area contributed by atoms with E-state index in [9.17, 15) is 29.9 Å². The van der Waals surface area contributed by atoms with Gasteiger partial charge in [0.15, 0.2) is 0 Å². The van der Waals surface area contributed by atoms with Crippen LogP contribution in [0.15, 0.2) is 54.1 Å². The number of nitrogens with zero attached hydrogens (tertiary/aromatic N) is 2. The van der Waals surface area contributed by atoms with Crippen molar-refractivity contribution in [3.8, 4) is 5.75 Å². The molecule has 2 N–H and O–H groups in total. The molecule has 3 rings (SSSR count). The minimum atomic E-state index is -0.901. The van der Waals surface area contributed by atoms with E-state index in [1.807, 2.05) is 0 Å². The quantitative estimate of drug-likeness (QED) is 0.179. The Morgan fingerprint density at radius 3 is 2.53 bits per heavy atom. The number of phenolic OH excluding ortho intramolecular Hbond substituents is 1. The summed E-state index contributed by atoms with van der Waals surface area (Å²) in [5, 5.41) is 31.5. The summed E-state index contributed by atoms with van der Waals surface area (Å²) in [6.07, 6.45) is 0.467. The molecule has 9 nitrogen and oxygen atoms in total. The fourth-order valence-electron chi connectivity index (χ4n) is 3.42. The third-order valence-electron chi connectivity index (χ3n) is 4.83. The van der Waals surface area contributed by atoms with E-state index in [1.54, 1.807) is 12.1 Å². The first-order valence-corrected chi connectivity index (χ1v) is 9.16. The number of aliphatic hydroxyl groups excluding tert-OH is 1. The van der Waals surface area contributed by atoms with Crippen molar-refractivity contribution in [1.82, 2.24) is 4.90 Å². The highest BCUT2D eigenvalue weighted by Crippen LogP contribution is 2.40. The SMILES string of the molecule is COCCCN1C(=O)C(=O)/C(=C(\O)c2cccc([N+](=O)[O-])c2)C1c1ccc(O)cc1. The van der Waals surface area contributed by atoms with Crippen LogP contribution in [0.25, 0.3) is 5.76 Å². The number of carbonyl (C=O) groups excluding carboxylic acids is 2. The van der Waals surface area contributed by atoms with Gasteiger partial charge in [0, 0.05) is 38.0 Å². The molecule has 1 aliphatic rings. The van der Waals surface area contributed by atoms with Gasteiger partial charge >= 0.3 is 0 Å². The number of phenols is 1. The summed E-state index contributed by atoms with van der Waals surface area (Å²) in [7, 11) is 1.52. The van der Waals surface area contributed by atoms with Crippen molar-refractivity contribution in [2.24, 2.45) is 0 Å². The lowest BCUT2D eigenvalue weighted by molar-refractivity contribution is -0.384. The first-order chi connectivity index (χ1) is 14.3. The van der Waals surface area contributed by atoms with Gasteiger partial charge in [-0.2, -0.15) is 0 Å². The van der Waals surface area contributed by atoms with Gasteiger partial charge in [0.1, 0.15) is 11.5 Å². The van der Waals surface area contributed by atoms with E-state index in [-0.39, 0.29) is 29.1 Å². The Labute approximate surface area is 172 Å². The number of methoxy groups -OCH3 is 1. The number of likely N-dealkylation sites (tertiary alicyclic amines) is 1. The molecular weight excluding hydrogens is 392 g/mol. The Kier molecular flexibility index (Phi) is 6.12. The first-order valence-electron chi connectivity index (χ1n) is 9.16. The minimum Gasteiger partial charge on any atom is -0.508 e. The number of Topliss-reactive ketones (excluding diaryl/α,β-unsaturated/α-hetero) is 1. The summed E-state index contributed by atoms with van der Waals surface area (Å²) < 4.78 is 5.02. The Morgan fingerprint density at radius 2 is 1.90 bits per heavy atom. The van der Waals surface area contributed by atoms with Crippen molar-refractivity contribution in [1.29, 1.82) is 0 Å². The van der Waals surface area contributed by atoms with Crippen LogP contribution in [-0.2, 0) is 14.3 Å². The molecule has 2 aromatic rings. The van der Waals surface area contributed by atoms with Crippen molar-refractivity contribution >= 4 is 23.1 Å². The third kappa shape index (κ3) is 4.01. The number of ether oxygens (including phenoxy) is 1. The van der Waals surface area contributed by atoms with E-state index in [0.717, 1.165) is 6.07 Å². The Hall–Kier alpha value is -3.72. The Bertz CT molecular complexity index is 1010. The van der Waals surface area contributed by atoms with Crippen molar-refractivity contribution in [2.75, 3.05) is 20.3 Å². The van der Waals surface area contributed by atoms with Crippen LogP contribution in [-0.4, -0.2) is 52.0 Å². The van der Waals surface area contributed by atoms with E-state index in [1.165, 1.54) is 42.3 Å². The molecule has 1 unspecified atom stereocenters. The third-order valence-corrected chi connectivity index (χ3v) is 4.83. The highest BCUT2D eigenvalue weighted by molar-refractivity contribution is 6.46. The number of benzene rings is 2. The number of rotatable bonds is 7. The van der Waals surface area contributed by atoms with Crippen LogP contribution < -0.4 is 0 Å². The zero-order chi connectivity index (χ0) is 21.8. The molecule has 1 fully saturated rings. The van der Waals surface area contributed by atoms with Gasteiger partial charge in [-0.25, -0.2) is 0 Å². The molecule has 0 aliphatic carbocycles. The van der Waals surface area contributed by atoms with Crippen LogP contribution in [0.2, 0.25) is 0 Å². The number of hydrogen-bond donors (Lipinski definition) is 2. The van der Waals surface area contributed by atoms with Crippen LogP contribution in [0.4, 0.5) is 5.69 Å². The molecule has 1 saturated heterocycles. The van der Waals surface area contributed by atoms with E-state index in [2.05, 4.69) is 0 Å². The molecule has 0 aromatic heterocycles. The highest BCUT2D eigenvalue weighted by atomic mass is 16.6. The van der Waals surface area contributed by atoms with E-state index < -0.39 is 28.4 Å². The predicted octanol–water partition coefficient (Wildman–Crippen LogP) is 2.76. The van der Waals surface area contributed by atoms with Crippen LogP contribution >= 0.6 is 0 Å². The van der Waals surface area contributed by atoms with Crippen molar-refractivity contribution < 1.29 is 29.5 Å². The molecule has 156 valence electrons. The van der Waals surface area contributed by atoms with Crippen LogP contribution in [0.5, 0.6) is 5.75 Å². The van der Waals surface area contributed by atoms with Gasteiger partial charge in [0.25, 0.3) is 17.4 Å². The molecule has 0 radical (unpaired) electrons. The summed E-state index contributed by atoms with van der Waals surface area (Å²) in [5.41, 5.74) is 0.150. The maximum absolute atomic E-state index is 12.8. The van der Waals surface area contributed by atoms with E-state index >= 15 is 0 Å². The van der Waals surface area contributed by atoms with E-state index in [4.69, 9.17) is 4.74 Å². The second kappa shape index (κ2) is 8.75. The summed E-state index contributed by atoms with van der Waals surface area (Å²) in [6.45, 7) is 0.575. The molecule has 1 aliphatic heterocycles. The monoisotopic (exact) mass is 412 g/mol. The summed E-state index contributed by atoms with van der Waals surface area (Å²) in [6, 6.07) is 10.2. The average Bonchev–Trinajstić information content (AvgIpc) is 2.99. The van der Waals surface area contributed by atoms with Gasteiger partial charge in [0.05, 0.1) is 16.5 Å². The number of nitro groups is 1. The molecule has 9 heteroatoms.